The van der Waals surface area contributed by atoms with Gasteiger partial charge in [0.25, 0.3) is 0 Å². The third-order valence-electron chi connectivity index (χ3n) is 6.32. The van der Waals surface area contributed by atoms with E-state index in [9.17, 15) is 4.79 Å². The predicted molar refractivity (Wildman–Crippen MR) is 94.4 cm³/mol. The molecule has 3 aliphatic rings. The zero-order chi connectivity index (χ0) is 15.7. The molecule has 0 radical (unpaired) electrons. The van der Waals surface area contributed by atoms with Gasteiger partial charge in [0.1, 0.15) is 6.29 Å². The maximum Gasteiger partial charge on any atom is 0.150 e. The fourth-order valence-corrected chi connectivity index (χ4v) is 5.00. The van der Waals surface area contributed by atoms with E-state index in [2.05, 4.69) is 29.2 Å². The van der Waals surface area contributed by atoms with E-state index in [0.717, 1.165) is 30.6 Å². The van der Waals surface area contributed by atoms with E-state index in [4.69, 9.17) is 0 Å². The van der Waals surface area contributed by atoms with Gasteiger partial charge in [-0.2, -0.15) is 0 Å². The van der Waals surface area contributed by atoms with Gasteiger partial charge in [-0.1, -0.05) is 49.6 Å². The number of carbonyl (C=O) groups excluding carboxylic acids is 1. The van der Waals surface area contributed by atoms with Crippen LogP contribution in [0.5, 0.6) is 0 Å². The molecule has 1 heterocycles. The van der Waals surface area contributed by atoms with Crippen molar-refractivity contribution in [2.75, 3.05) is 19.6 Å². The molecule has 0 N–H and O–H groups in total. The summed E-state index contributed by atoms with van der Waals surface area (Å²) in [4.78, 5) is 14.1. The maximum absolute atomic E-state index is 11.4. The number of benzene rings is 1. The van der Waals surface area contributed by atoms with E-state index in [-0.39, 0.29) is 5.41 Å². The second-order valence-electron chi connectivity index (χ2n) is 7.72. The number of rotatable bonds is 3. The molecule has 23 heavy (non-hydrogen) atoms. The Morgan fingerprint density at radius 3 is 2.57 bits per heavy atom. The van der Waals surface area contributed by atoms with E-state index in [1.807, 2.05) is 6.07 Å². The summed E-state index contributed by atoms with van der Waals surface area (Å²) >= 11 is 0. The van der Waals surface area contributed by atoms with Gasteiger partial charge in [-0.3, -0.25) is 4.79 Å². The van der Waals surface area contributed by atoms with Gasteiger partial charge in [0.2, 0.25) is 0 Å². The fraction of sp³-hybridized carbons (Fsp3) is 0.571. The van der Waals surface area contributed by atoms with Gasteiger partial charge in [-0.25, -0.2) is 0 Å². The van der Waals surface area contributed by atoms with Crippen LogP contribution in [0.2, 0.25) is 0 Å². The zero-order valence-corrected chi connectivity index (χ0v) is 14.0. The number of fused-ring (bicyclic) bond motifs is 2. The van der Waals surface area contributed by atoms with Crippen molar-refractivity contribution in [3.8, 4) is 0 Å². The second kappa shape index (κ2) is 6.24. The quantitative estimate of drug-likeness (QED) is 0.780. The van der Waals surface area contributed by atoms with Gasteiger partial charge in [-0.05, 0) is 55.8 Å². The van der Waals surface area contributed by atoms with Gasteiger partial charge in [0.05, 0.1) is 0 Å². The largest absolute Gasteiger partial charge is 0.303 e. The Morgan fingerprint density at radius 2 is 1.83 bits per heavy atom. The van der Waals surface area contributed by atoms with Crippen molar-refractivity contribution >= 4 is 11.9 Å². The van der Waals surface area contributed by atoms with Crippen LogP contribution in [0.1, 0.15) is 56.1 Å². The molecule has 1 aliphatic heterocycles. The third kappa shape index (κ3) is 2.78. The van der Waals surface area contributed by atoms with Crippen LogP contribution < -0.4 is 0 Å². The Balaban J connectivity index is 1.46. The fourth-order valence-electron chi connectivity index (χ4n) is 5.00. The van der Waals surface area contributed by atoms with Crippen molar-refractivity contribution in [2.45, 2.75) is 50.4 Å². The molecule has 4 rings (SSSR count). The number of nitrogens with zero attached hydrogens (tertiary/aromatic N) is 1. The maximum atomic E-state index is 11.4. The first-order valence-electron chi connectivity index (χ1n) is 9.31. The lowest BCUT2D eigenvalue weighted by molar-refractivity contribution is -0.103. The van der Waals surface area contributed by atoms with Crippen LogP contribution in [0.25, 0.3) is 5.57 Å². The molecule has 1 saturated heterocycles. The molecule has 1 aromatic rings. The van der Waals surface area contributed by atoms with Gasteiger partial charge in [-0.15, -0.1) is 0 Å². The van der Waals surface area contributed by atoms with Crippen LogP contribution in [0.4, 0.5) is 0 Å². The van der Waals surface area contributed by atoms with Crippen molar-refractivity contribution in [3.63, 3.8) is 0 Å². The number of aldehydes is 1. The molecule has 0 aromatic heterocycles. The number of hydrogen-bond donors (Lipinski definition) is 0. The molecule has 2 aliphatic carbocycles. The minimum Gasteiger partial charge on any atom is -0.303 e. The van der Waals surface area contributed by atoms with E-state index in [1.165, 1.54) is 62.9 Å². The summed E-state index contributed by atoms with van der Waals surface area (Å²) in [5.41, 5.74) is 3.58. The molecule has 0 unspecified atom stereocenters. The lowest BCUT2D eigenvalue weighted by atomic mass is 9.74. The molecule has 0 bridgehead atoms. The third-order valence-corrected chi connectivity index (χ3v) is 6.32. The Labute approximate surface area is 139 Å². The molecule has 0 atom stereocenters. The van der Waals surface area contributed by atoms with Crippen LogP contribution in [0.15, 0.2) is 30.3 Å². The van der Waals surface area contributed by atoms with Gasteiger partial charge in [0.15, 0.2) is 0 Å². The first kappa shape index (κ1) is 15.1. The van der Waals surface area contributed by atoms with Crippen molar-refractivity contribution < 1.29 is 4.79 Å². The minimum atomic E-state index is 0.121. The Morgan fingerprint density at radius 1 is 1.09 bits per heavy atom. The molecular weight excluding hydrogens is 282 g/mol. The number of hydrogen-bond acceptors (Lipinski definition) is 2. The Hall–Kier alpha value is -1.41. The molecular formula is C21H27NO. The van der Waals surface area contributed by atoms with E-state index in [1.54, 1.807) is 0 Å². The number of allylic oxidation sites excluding steroid dienone is 2. The molecule has 122 valence electrons. The van der Waals surface area contributed by atoms with E-state index < -0.39 is 0 Å². The lowest BCUT2D eigenvalue weighted by Crippen LogP contribution is -2.43. The summed E-state index contributed by atoms with van der Waals surface area (Å²) in [6.07, 6.45) is 12.8. The summed E-state index contributed by atoms with van der Waals surface area (Å²) in [6.45, 7) is 3.64. The lowest BCUT2D eigenvalue weighted by Gasteiger charge is -2.41. The summed E-state index contributed by atoms with van der Waals surface area (Å²) < 4.78 is 0. The highest BCUT2D eigenvalue weighted by Gasteiger charge is 2.40. The van der Waals surface area contributed by atoms with Crippen LogP contribution in [-0.4, -0.2) is 30.8 Å². The standard InChI is InChI=1S/C21H27NO/c23-16-18-14-21(20-9-5-4-8-19(18)20)10-12-22(13-11-21)15-17-6-2-1-3-7-17/h4-5,8-9,14,16-17H,1-3,6-7,10-13,15H2. The molecule has 1 spiro atoms. The monoisotopic (exact) mass is 309 g/mol. The summed E-state index contributed by atoms with van der Waals surface area (Å²) in [6, 6.07) is 8.52. The average molecular weight is 309 g/mol. The van der Waals surface area contributed by atoms with Crippen molar-refractivity contribution in [3.05, 3.63) is 41.5 Å². The van der Waals surface area contributed by atoms with Gasteiger partial charge < -0.3 is 4.90 Å². The highest BCUT2D eigenvalue weighted by Crippen LogP contribution is 2.46. The molecule has 1 saturated carbocycles. The van der Waals surface area contributed by atoms with Gasteiger partial charge >= 0.3 is 0 Å². The van der Waals surface area contributed by atoms with Crippen molar-refractivity contribution in [1.29, 1.82) is 0 Å². The highest BCUT2D eigenvalue weighted by molar-refractivity contribution is 6.10. The molecule has 2 heteroatoms. The van der Waals surface area contributed by atoms with Crippen LogP contribution in [0, 0.1) is 5.92 Å². The van der Waals surface area contributed by atoms with E-state index >= 15 is 0 Å². The van der Waals surface area contributed by atoms with Crippen molar-refractivity contribution in [2.24, 2.45) is 5.92 Å². The molecule has 2 fully saturated rings. The predicted octanol–water partition coefficient (Wildman–Crippen LogP) is 4.20. The van der Waals surface area contributed by atoms with Crippen molar-refractivity contribution in [1.82, 2.24) is 4.90 Å². The van der Waals surface area contributed by atoms with E-state index in [0.29, 0.717) is 0 Å². The highest BCUT2D eigenvalue weighted by atomic mass is 16.1. The molecule has 2 nitrogen and oxygen atoms in total. The zero-order valence-electron chi connectivity index (χ0n) is 14.0. The minimum absolute atomic E-state index is 0.121. The van der Waals surface area contributed by atoms with Crippen LogP contribution >= 0.6 is 0 Å². The summed E-state index contributed by atoms with van der Waals surface area (Å²) in [5, 5.41) is 0. The summed E-state index contributed by atoms with van der Waals surface area (Å²) in [7, 11) is 0. The van der Waals surface area contributed by atoms with Crippen LogP contribution in [-0.2, 0) is 10.2 Å². The number of piperidine rings is 1. The topological polar surface area (TPSA) is 20.3 Å². The SMILES string of the molecule is O=CC1=CC2(CCN(CC3CCCCC3)CC2)c2ccccc21. The Kier molecular flexibility index (Phi) is 4.11. The first-order valence-corrected chi connectivity index (χ1v) is 9.31. The number of likely N-dealkylation sites (tertiary alicyclic amines) is 1. The Bertz CT molecular complexity index is 604. The first-order chi connectivity index (χ1) is 11.3. The normalized spacial score (nSPS) is 24.4. The second-order valence-corrected chi connectivity index (χ2v) is 7.72. The molecule has 0 amide bonds. The average Bonchev–Trinajstić information content (AvgIpc) is 2.92. The van der Waals surface area contributed by atoms with Gasteiger partial charge in [0, 0.05) is 17.5 Å². The number of carbonyl (C=O) groups is 1. The smallest absolute Gasteiger partial charge is 0.150 e. The summed E-state index contributed by atoms with van der Waals surface area (Å²) in [5.74, 6) is 0.926. The van der Waals surface area contributed by atoms with Crippen LogP contribution in [0.3, 0.4) is 0 Å². The molecule has 1 aromatic carbocycles.